The Bertz CT molecular complexity index is 351. The second kappa shape index (κ2) is 8.59. The third kappa shape index (κ3) is 5.15. The summed E-state index contributed by atoms with van der Waals surface area (Å²) in [6.07, 6.45) is 8.46. The first-order valence-electron chi connectivity index (χ1n) is 7.91. The molecule has 2 rings (SSSR count). The van der Waals surface area contributed by atoms with E-state index in [-0.39, 0.29) is 36.2 Å². The molecule has 5 nitrogen and oxygen atoms in total. The molecule has 0 aromatic rings. The van der Waals surface area contributed by atoms with Crippen LogP contribution in [0.25, 0.3) is 0 Å². The summed E-state index contributed by atoms with van der Waals surface area (Å²) < 4.78 is 0. The van der Waals surface area contributed by atoms with Crippen LogP contribution in [0.4, 0.5) is 0 Å². The molecule has 0 aromatic heterocycles. The standard InChI is InChI=1S/C15H27N3O2.ClH/c16-13(10-11-4-2-1-3-5-11)15(20)18-8-6-12(7-9-18)14(17)19;/h11-13H,1-10,16H2,(H2,17,19);1H. The van der Waals surface area contributed by atoms with Gasteiger partial charge in [-0.15, -0.1) is 12.4 Å². The van der Waals surface area contributed by atoms with Gasteiger partial charge in [0.05, 0.1) is 6.04 Å². The van der Waals surface area contributed by atoms with Gasteiger partial charge in [-0.05, 0) is 25.2 Å². The van der Waals surface area contributed by atoms with Gasteiger partial charge >= 0.3 is 0 Å². The van der Waals surface area contributed by atoms with E-state index >= 15 is 0 Å². The quantitative estimate of drug-likeness (QED) is 0.822. The summed E-state index contributed by atoms with van der Waals surface area (Å²) in [7, 11) is 0. The SMILES string of the molecule is Cl.NC(=O)C1CCN(C(=O)C(N)CC2CCCCC2)CC1. The van der Waals surface area contributed by atoms with Crippen molar-refractivity contribution in [1.29, 1.82) is 0 Å². The van der Waals surface area contributed by atoms with Crippen molar-refractivity contribution >= 4 is 24.2 Å². The van der Waals surface area contributed by atoms with Gasteiger partial charge in [0.1, 0.15) is 0 Å². The third-order valence-corrected chi connectivity index (χ3v) is 4.84. The number of hydrogen-bond donors (Lipinski definition) is 2. The first-order chi connectivity index (χ1) is 9.58. The second-order valence-electron chi connectivity index (χ2n) is 6.35. The van der Waals surface area contributed by atoms with Crippen LogP contribution in [0.3, 0.4) is 0 Å². The summed E-state index contributed by atoms with van der Waals surface area (Å²) in [6.45, 7) is 1.23. The molecular weight excluding hydrogens is 290 g/mol. The highest BCUT2D eigenvalue weighted by atomic mass is 35.5. The first-order valence-corrected chi connectivity index (χ1v) is 7.91. The van der Waals surface area contributed by atoms with E-state index in [9.17, 15) is 9.59 Å². The fourth-order valence-electron chi connectivity index (χ4n) is 3.50. The molecule has 122 valence electrons. The molecule has 1 saturated heterocycles. The number of nitrogens with two attached hydrogens (primary N) is 2. The lowest BCUT2D eigenvalue weighted by Crippen LogP contribution is -2.49. The van der Waals surface area contributed by atoms with E-state index in [2.05, 4.69) is 0 Å². The van der Waals surface area contributed by atoms with Gasteiger partial charge in [-0.3, -0.25) is 9.59 Å². The molecule has 2 fully saturated rings. The van der Waals surface area contributed by atoms with E-state index in [1.165, 1.54) is 32.1 Å². The Labute approximate surface area is 133 Å². The second-order valence-corrected chi connectivity index (χ2v) is 6.35. The molecule has 2 aliphatic rings. The maximum Gasteiger partial charge on any atom is 0.239 e. The van der Waals surface area contributed by atoms with Gasteiger partial charge in [-0.2, -0.15) is 0 Å². The molecule has 0 aromatic carbocycles. The van der Waals surface area contributed by atoms with Crippen molar-refractivity contribution in [3.63, 3.8) is 0 Å². The van der Waals surface area contributed by atoms with Crippen LogP contribution in [0.2, 0.25) is 0 Å². The molecule has 1 saturated carbocycles. The van der Waals surface area contributed by atoms with Crippen molar-refractivity contribution in [3.8, 4) is 0 Å². The summed E-state index contributed by atoms with van der Waals surface area (Å²) in [6, 6.07) is -0.372. The predicted octanol–water partition coefficient (Wildman–Crippen LogP) is 1.43. The third-order valence-electron chi connectivity index (χ3n) is 4.84. The van der Waals surface area contributed by atoms with E-state index in [4.69, 9.17) is 11.5 Å². The largest absolute Gasteiger partial charge is 0.369 e. The van der Waals surface area contributed by atoms with E-state index in [1.54, 1.807) is 0 Å². The van der Waals surface area contributed by atoms with Crippen LogP contribution >= 0.6 is 12.4 Å². The molecular formula is C15H28ClN3O2. The molecule has 0 bridgehead atoms. The van der Waals surface area contributed by atoms with Crippen molar-refractivity contribution in [1.82, 2.24) is 4.90 Å². The van der Waals surface area contributed by atoms with Gasteiger partial charge < -0.3 is 16.4 Å². The summed E-state index contributed by atoms with van der Waals surface area (Å²) in [5.74, 6) is 0.349. The monoisotopic (exact) mass is 317 g/mol. The van der Waals surface area contributed by atoms with Gasteiger partial charge in [0.25, 0.3) is 0 Å². The molecule has 2 amide bonds. The molecule has 1 atom stereocenters. The summed E-state index contributed by atoms with van der Waals surface area (Å²) in [5, 5.41) is 0. The Morgan fingerprint density at radius 3 is 2.14 bits per heavy atom. The minimum absolute atomic E-state index is 0. The van der Waals surface area contributed by atoms with Crippen LogP contribution in [0.5, 0.6) is 0 Å². The van der Waals surface area contributed by atoms with Crippen molar-refractivity contribution < 1.29 is 9.59 Å². The lowest BCUT2D eigenvalue weighted by atomic mass is 9.84. The van der Waals surface area contributed by atoms with Gasteiger partial charge in [0, 0.05) is 19.0 Å². The molecule has 1 aliphatic heterocycles. The molecule has 1 unspecified atom stereocenters. The number of carbonyl (C=O) groups excluding carboxylic acids is 2. The Hall–Kier alpha value is -0.810. The number of likely N-dealkylation sites (tertiary alicyclic amines) is 1. The fraction of sp³-hybridized carbons (Fsp3) is 0.867. The summed E-state index contributed by atoms with van der Waals surface area (Å²) in [4.78, 5) is 25.3. The van der Waals surface area contributed by atoms with Gasteiger partial charge in [0.2, 0.25) is 11.8 Å². The zero-order chi connectivity index (χ0) is 14.5. The minimum atomic E-state index is -0.372. The van der Waals surface area contributed by atoms with Gasteiger partial charge in [-0.25, -0.2) is 0 Å². The number of nitrogens with zero attached hydrogens (tertiary/aromatic N) is 1. The molecule has 1 heterocycles. The molecule has 1 aliphatic carbocycles. The number of halogens is 1. The Balaban J connectivity index is 0.00000220. The smallest absolute Gasteiger partial charge is 0.239 e. The van der Waals surface area contributed by atoms with Crippen LogP contribution in [0.15, 0.2) is 0 Å². The number of piperidine rings is 1. The minimum Gasteiger partial charge on any atom is -0.369 e. The zero-order valence-electron chi connectivity index (χ0n) is 12.6. The van der Waals surface area contributed by atoms with E-state index in [0.717, 1.165) is 6.42 Å². The zero-order valence-corrected chi connectivity index (χ0v) is 13.4. The Morgan fingerprint density at radius 2 is 1.62 bits per heavy atom. The summed E-state index contributed by atoms with van der Waals surface area (Å²) in [5.41, 5.74) is 11.4. The van der Waals surface area contributed by atoms with Crippen molar-refractivity contribution in [2.24, 2.45) is 23.3 Å². The summed E-state index contributed by atoms with van der Waals surface area (Å²) >= 11 is 0. The maximum atomic E-state index is 12.3. The normalized spacial score (nSPS) is 22.4. The number of rotatable bonds is 4. The molecule has 4 N–H and O–H groups in total. The van der Waals surface area contributed by atoms with Crippen LogP contribution in [0, 0.1) is 11.8 Å². The highest BCUT2D eigenvalue weighted by Crippen LogP contribution is 2.27. The number of primary amides is 1. The predicted molar refractivity (Wildman–Crippen MR) is 84.9 cm³/mol. The van der Waals surface area contributed by atoms with Crippen LogP contribution in [-0.2, 0) is 9.59 Å². The average Bonchev–Trinajstić information content (AvgIpc) is 2.47. The topological polar surface area (TPSA) is 89.4 Å². The van der Waals surface area contributed by atoms with Crippen molar-refractivity contribution in [3.05, 3.63) is 0 Å². The lowest BCUT2D eigenvalue weighted by Gasteiger charge is -2.33. The van der Waals surface area contributed by atoms with Gasteiger partial charge in [-0.1, -0.05) is 32.1 Å². The molecule has 0 radical (unpaired) electrons. The van der Waals surface area contributed by atoms with E-state index in [0.29, 0.717) is 31.8 Å². The fourth-order valence-corrected chi connectivity index (χ4v) is 3.50. The van der Waals surface area contributed by atoms with Crippen molar-refractivity contribution in [2.45, 2.75) is 57.4 Å². The molecule has 0 spiro atoms. The average molecular weight is 318 g/mol. The number of hydrogen-bond acceptors (Lipinski definition) is 3. The highest BCUT2D eigenvalue weighted by molar-refractivity contribution is 5.85. The Kier molecular flexibility index (Phi) is 7.46. The lowest BCUT2D eigenvalue weighted by molar-refractivity contribution is -0.136. The maximum absolute atomic E-state index is 12.3. The molecule has 21 heavy (non-hydrogen) atoms. The molecule has 6 heteroatoms. The van der Waals surface area contributed by atoms with Gasteiger partial charge in [0.15, 0.2) is 0 Å². The van der Waals surface area contributed by atoms with Crippen molar-refractivity contribution in [2.75, 3.05) is 13.1 Å². The Morgan fingerprint density at radius 1 is 1.05 bits per heavy atom. The van der Waals surface area contributed by atoms with Crippen LogP contribution in [-0.4, -0.2) is 35.8 Å². The number of carbonyl (C=O) groups is 2. The van der Waals surface area contributed by atoms with Crippen LogP contribution < -0.4 is 11.5 Å². The highest BCUT2D eigenvalue weighted by Gasteiger charge is 2.29. The van der Waals surface area contributed by atoms with Crippen LogP contribution in [0.1, 0.15) is 51.4 Å². The van der Waals surface area contributed by atoms with E-state index < -0.39 is 0 Å². The first kappa shape index (κ1) is 18.2. The van der Waals surface area contributed by atoms with E-state index in [1.807, 2.05) is 4.90 Å². The number of amides is 2.